The minimum Gasteiger partial charge on any atom is -0.347 e. The molecule has 3 aliphatic rings. The number of nitrogens with one attached hydrogen (secondary N) is 1. The van der Waals surface area contributed by atoms with Crippen LogP contribution in [-0.2, 0) is 19.1 Å². The lowest BCUT2D eigenvalue weighted by atomic mass is 9.77. The van der Waals surface area contributed by atoms with E-state index < -0.39 is 23.7 Å². The molecule has 1 unspecified atom stereocenters. The molecule has 6 rings (SSSR count). The van der Waals surface area contributed by atoms with Gasteiger partial charge < -0.3 is 15.1 Å². The van der Waals surface area contributed by atoms with Crippen LogP contribution >= 0.6 is 11.6 Å². The Morgan fingerprint density at radius 3 is 2.44 bits per heavy atom. The summed E-state index contributed by atoms with van der Waals surface area (Å²) in [6.07, 6.45) is 3.47. The third-order valence-electron chi connectivity index (χ3n) is 9.45. The van der Waals surface area contributed by atoms with Crippen molar-refractivity contribution < 1.29 is 22.8 Å². The molecule has 2 amide bonds. The zero-order valence-corrected chi connectivity index (χ0v) is 26.1. The molecule has 3 aromatic rings. The highest BCUT2D eigenvalue weighted by molar-refractivity contribution is 6.33. The normalized spacial score (nSPS) is 19.5. The van der Waals surface area contributed by atoms with Crippen molar-refractivity contribution in [1.82, 2.24) is 25.1 Å². The highest BCUT2D eigenvalue weighted by atomic mass is 35.5. The Bertz CT molecular complexity index is 1590. The van der Waals surface area contributed by atoms with Gasteiger partial charge in [0.25, 0.3) is 11.8 Å². The van der Waals surface area contributed by atoms with Gasteiger partial charge in [0.2, 0.25) is 5.95 Å². The van der Waals surface area contributed by atoms with Crippen LogP contribution < -0.4 is 10.2 Å². The molecular weight excluding hydrogens is 605 g/mol. The van der Waals surface area contributed by atoms with Gasteiger partial charge in [-0.2, -0.15) is 13.2 Å². The van der Waals surface area contributed by atoms with Crippen molar-refractivity contribution in [2.45, 2.75) is 50.9 Å². The molecule has 2 fully saturated rings. The van der Waals surface area contributed by atoms with Gasteiger partial charge in [-0.1, -0.05) is 17.7 Å². The highest BCUT2D eigenvalue weighted by Gasteiger charge is 2.42. The topological polar surface area (TPSA) is 81.7 Å². The summed E-state index contributed by atoms with van der Waals surface area (Å²) in [5.41, 5.74) is 2.42. The average Bonchev–Trinajstić information content (AvgIpc) is 3.62. The monoisotopic (exact) mass is 640 g/mol. The number of benzene rings is 2. The number of piperidine rings is 1. The van der Waals surface area contributed by atoms with Crippen molar-refractivity contribution in [3.63, 3.8) is 0 Å². The van der Waals surface area contributed by atoms with Crippen LogP contribution in [0.4, 0.5) is 19.1 Å². The number of amides is 2. The van der Waals surface area contributed by atoms with Crippen LogP contribution in [0, 0.1) is 5.41 Å². The Morgan fingerprint density at radius 2 is 1.76 bits per heavy atom. The fourth-order valence-electron chi connectivity index (χ4n) is 6.80. The van der Waals surface area contributed by atoms with Crippen LogP contribution in [-0.4, -0.2) is 71.9 Å². The van der Waals surface area contributed by atoms with E-state index in [2.05, 4.69) is 20.2 Å². The number of aryl methyl sites for hydroxylation is 1. The molecule has 1 atom stereocenters. The van der Waals surface area contributed by atoms with Crippen LogP contribution in [0.2, 0.25) is 5.02 Å². The fourth-order valence-corrected chi connectivity index (χ4v) is 7.00. The number of carbonyl (C=O) groups is 2. The van der Waals surface area contributed by atoms with E-state index in [1.165, 1.54) is 0 Å². The van der Waals surface area contributed by atoms with Gasteiger partial charge in [-0.25, -0.2) is 9.97 Å². The van der Waals surface area contributed by atoms with Gasteiger partial charge in [-0.15, -0.1) is 0 Å². The van der Waals surface area contributed by atoms with E-state index >= 15 is 0 Å². The molecule has 45 heavy (non-hydrogen) atoms. The summed E-state index contributed by atoms with van der Waals surface area (Å²) < 4.78 is 39.7. The number of hydrogen-bond acceptors (Lipinski definition) is 6. The molecule has 238 valence electrons. The summed E-state index contributed by atoms with van der Waals surface area (Å²) in [7, 11) is 3.83. The van der Waals surface area contributed by atoms with Gasteiger partial charge in [-0.05, 0) is 92.1 Å². The van der Waals surface area contributed by atoms with Gasteiger partial charge in [0.15, 0.2) is 0 Å². The van der Waals surface area contributed by atoms with E-state index in [-0.39, 0.29) is 21.9 Å². The van der Waals surface area contributed by atoms with E-state index in [0.717, 1.165) is 73.8 Å². The smallest absolute Gasteiger partial charge is 0.347 e. The molecule has 0 saturated carbocycles. The number of aromatic nitrogens is 2. The maximum Gasteiger partial charge on any atom is 0.416 e. The van der Waals surface area contributed by atoms with Crippen LogP contribution in [0.5, 0.6) is 0 Å². The molecule has 1 aliphatic carbocycles. The lowest BCUT2D eigenvalue weighted by Gasteiger charge is -2.39. The van der Waals surface area contributed by atoms with Gasteiger partial charge in [-0.3, -0.25) is 14.5 Å². The third-order valence-corrected chi connectivity index (χ3v) is 9.78. The Kier molecular flexibility index (Phi) is 8.51. The summed E-state index contributed by atoms with van der Waals surface area (Å²) in [4.78, 5) is 41.8. The van der Waals surface area contributed by atoms with Crippen molar-refractivity contribution >= 4 is 29.4 Å². The molecule has 2 aromatic carbocycles. The lowest BCUT2D eigenvalue weighted by Crippen LogP contribution is -2.42. The van der Waals surface area contributed by atoms with Crippen LogP contribution in [0.15, 0.2) is 48.8 Å². The quantitative estimate of drug-likeness (QED) is 0.369. The number of rotatable bonds is 6. The standard InChI is InChI=1S/C33H36ClF3N6O2/c1-41(2)31-38-17-21(18-39-31)19-42-12-9-32(10-13-42)11-14-43(20-32)30(45)23-4-3-22-5-8-28(25(22)15-23)40-29(44)26-16-24(33(35,36)37)6-7-27(26)34/h3-4,6-7,15-18,28H,5,8-14,19-20H2,1-2H3,(H,40,44). The van der Waals surface area contributed by atoms with Crippen LogP contribution in [0.3, 0.4) is 0 Å². The molecule has 2 aliphatic heterocycles. The minimum absolute atomic E-state index is 0.0341. The molecular formula is C33H36ClF3N6O2. The number of likely N-dealkylation sites (tertiary alicyclic amines) is 2. The maximum atomic E-state index is 13.7. The second-order valence-corrected chi connectivity index (χ2v) is 13.1. The molecule has 0 bridgehead atoms. The SMILES string of the molecule is CN(C)c1ncc(CN2CCC3(CC2)CCN(C(=O)c2ccc4c(c2)C(NC(=O)c2cc(C(F)(F)F)ccc2Cl)CC4)C3)cn1. The Morgan fingerprint density at radius 1 is 1.04 bits per heavy atom. The lowest BCUT2D eigenvalue weighted by molar-refractivity contribution is -0.137. The second kappa shape index (κ2) is 12.2. The first-order chi connectivity index (χ1) is 21.4. The predicted molar refractivity (Wildman–Crippen MR) is 165 cm³/mol. The second-order valence-electron chi connectivity index (χ2n) is 12.7. The van der Waals surface area contributed by atoms with Crippen molar-refractivity contribution in [3.8, 4) is 0 Å². The Labute approximate surface area is 265 Å². The van der Waals surface area contributed by atoms with E-state index in [4.69, 9.17) is 11.6 Å². The van der Waals surface area contributed by atoms with Gasteiger partial charge in [0, 0.05) is 57.3 Å². The van der Waals surface area contributed by atoms with Crippen molar-refractivity contribution in [3.05, 3.63) is 87.2 Å². The third kappa shape index (κ3) is 6.65. The van der Waals surface area contributed by atoms with E-state index in [9.17, 15) is 22.8 Å². The van der Waals surface area contributed by atoms with E-state index in [1.54, 1.807) is 0 Å². The minimum atomic E-state index is -4.59. The van der Waals surface area contributed by atoms with Crippen molar-refractivity contribution in [2.24, 2.45) is 5.41 Å². The van der Waals surface area contributed by atoms with Gasteiger partial charge in [0.05, 0.1) is 22.2 Å². The van der Waals surface area contributed by atoms with Gasteiger partial charge in [0.1, 0.15) is 0 Å². The molecule has 12 heteroatoms. The molecule has 3 heterocycles. The molecule has 1 aromatic heterocycles. The number of alkyl halides is 3. The van der Waals surface area contributed by atoms with Crippen LogP contribution in [0.25, 0.3) is 0 Å². The molecule has 1 N–H and O–H groups in total. The predicted octanol–water partition coefficient (Wildman–Crippen LogP) is 5.76. The zero-order chi connectivity index (χ0) is 31.9. The summed E-state index contributed by atoms with van der Waals surface area (Å²) in [6, 6.07) is 7.89. The summed E-state index contributed by atoms with van der Waals surface area (Å²) >= 11 is 6.10. The summed E-state index contributed by atoms with van der Waals surface area (Å²) in [5.74, 6) is -0.0181. The van der Waals surface area contributed by atoms with E-state index in [0.29, 0.717) is 37.4 Å². The Balaban J connectivity index is 1.07. The van der Waals surface area contributed by atoms with Crippen LogP contribution in [0.1, 0.15) is 74.7 Å². The maximum absolute atomic E-state index is 13.7. The summed E-state index contributed by atoms with van der Waals surface area (Å²) in [6.45, 7) is 4.12. The first kappa shape index (κ1) is 31.3. The summed E-state index contributed by atoms with van der Waals surface area (Å²) in [5, 5.41) is 2.80. The number of anilines is 1. The molecule has 2 saturated heterocycles. The van der Waals surface area contributed by atoms with Crippen molar-refractivity contribution in [2.75, 3.05) is 45.2 Å². The largest absolute Gasteiger partial charge is 0.416 e. The first-order valence-electron chi connectivity index (χ1n) is 15.2. The first-order valence-corrected chi connectivity index (χ1v) is 15.6. The Hall–Kier alpha value is -3.70. The van der Waals surface area contributed by atoms with Gasteiger partial charge >= 0.3 is 6.18 Å². The highest BCUT2D eigenvalue weighted by Crippen LogP contribution is 2.41. The number of fused-ring (bicyclic) bond motifs is 1. The number of halogens is 4. The van der Waals surface area contributed by atoms with E-state index in [1.807, 2.05) is 54.5 Å². The molecule has 8 nitrogen and oxygen atoms in total. The zero-order valence-electron chi connectivity index (χ0n) is 25.3. The molecule has 0 radical (unpaired) electrons. The average molecular weight is 641 g/mol. The fraction of sp³-hybridized carbons (Fsp3) is 0.455. The van der Waals surface area contributed by atoms with Crippen molar-refractivity contribution in [1.29, 1.82) is 0 Å². The number of carbonyl (C=O) groups excluding carboxylic acids is 2. The number of nitrogens with zero attached hydrogens (tertiary/aromatic N) is 5. The number of hydrogen-bond donors (Lipinski definition) is 1. The molecule has 1 spiro atoms.